The van der Waals surface area contributed by atoms with Crippen LogP contribution < -0.4 is 5.32 Å². The first-order valence-corrected chi connectivity index (χ1v) is 13.6. The number of anilines is 1. The first kappa shape index (κ1) is 23.5. The van der Waals surface area contributed by atoms with Gasteiger partial charge in [0.05, 0.1) is 17.5 Å². The Morgan fingerprint density at radius 1 is 1.06 bits per heavy atom. The van der Waals surface area contributed by atoms with E-state index in [2.05, 4.69) is 48.5 Å². The third-order valence-corrected chi connectivity index (χ3v) is 8.54. The molecule has 0 unspecified atom stereocenters. The molecule has 2 amide bonds. The summed E-state index contributed by atoms with van der Waals surface area (Å²) in [5, 5.41) is 8.25. The third-order valence-electron chi connectivity index (χ3n) is 5.77. The summed E-state index contributed by atoms with van der Waals surface area (Å²) in [6.07, 6.45) is 0.737. The normalized spacial score (nSPS) is 20.1. The zero-order chi connectivity index (χ0) is 23.6. The fourth-order valence-corrected chi connectivity index (χ4v) is 6.36. The van der Waals surface area contributed by atoms with Crippen molar-refractivity contribution in [3.8, 4) is 0 Å². The predicted molar refractivity (Wildman–Crippen MR) is 130 cm³/mol. The van der Waals surface area contributed by atoms with E-state index in [1.54, 1.807) is 11.8 Å². The lowest BCUT2D eigenvalue weighted by Crippen LogP contribution is -2.42. The van der Waals surface area contributed by atoms with Crippen LogP contribution in [0.5, 0.6) is 0 Å². The number of rotatable bonds is 6. The van der Waals surface area contributed by atoms with Gasteiger partial charge in [-0.05, 0) is 54.3 Å². The number of sulfone groups is 1. The molecule has 7 nitrogen and oxygen atoms in total. The van der Waals surface area contributed by atoms with Crippen molar-refractivity contribution in [3.05, 3.63) is 54.1 Å². The van der Waals surface area contributed by atoms with Gasteiger partial charge in [0.15, 0.2) is 9.84 Å². The number of benzene rings is 2. The van der Waals surface area contributed by atoms with Crippen LogP contribution in [0.25, 0.3) is 0 Å². The molecule has 174 valence electrons. The Hall–Kier alpha value is -2.65. The van der Waals surface area contributed by atoms with Crippen LogP contribution >= 0.6 is 11.8 Å². The average Bonchev–Trinajstić information content (AvgIpc) is 3.15. The Bertz CT molecular complexity index is 1170. The highest BCUT2D eigenvalue weighted by molar-refractivity contribution is 7.99. The molecule has 2 aromatic carbocycles. The summed E-state index contributed by atoms with van der Waals surface area (Å²) in [5.41, 5.74) is 2.18. The van der Waals surface area contributed by atoms with Gasteiger partial charge in [0.2, 0.25) is 5.91 Å². The molecule has 1 atom stereocenters. The van der Waals surface area contributed by atoms with E-state index >= 15 is 0 Å². The molecule has 1 fully saturated rings. The molecule has 0 aliphatic carbocycles. The smallest absolute Gasteiger partial charge is 0.271 e. The molecule has 1 saturated heterocycles. The first-order valence-electron chi connectivity index (χ1n) is 11.0. The van der Waals surface area contributed by atoms with E-state index in [9.17, 15) is 18.0 Å². The number of nitrogens with one attached hydrogen (secondary N) is 1. The molecule has 0 bridgehead atoms. The SMILES string of the molecule is CC(C)c1ccc(Sc2ccc(NC(=O)C3=NN([C@H]4CCS(=O)(=O)C4)C(=O)CC3)cc2)cc1. The number of hydrogen-bond acceptors (Lipinski definition) is 6. The molecule has 0 aromatic heterocycles. The molecule has 2 aliphatic rings. The van der Waals surface area contributed by atoms with Gasteiger partial charge in [0.1, 0.15) is 5.71 Å². The molecule has 33 heavy (non-hydrogen) atoms. The molecule has 2 aliphatic heterocycles. The summed E-state index contributed by atoms with van der Waals surface area (Å²) in [5.74, 6) is -0.173. The number of carbonyl (C=O) groups is 2. The molecular weight excluding hydrogens is 458 g/mol. The summed E-state index contributed by atoms with van der Waals surface area (Å²) >= 11 is 1.65. The van der Waals surface area contributed by atoms with Crippen molar-refractivity contribution in [2.45, 2.75) is 54.9 Å². The lowest BCUT2D eigenvalue weighted by atomic mass is 10.0. The molecule has 0 radical (unpaired) electrons. The van der Waals surface area contributed by atoms with E-state index in [-0.39, 0.29) is 41.9 Å². The van der Waals surface area contributed by atoms with Crippen molar-refractivity contribution in [2.75, 3.05) is 16.8 Å². The quantitative estimate of drug-likeness (QED) is 0.666. The summed E-state index contributed by atoms with van der Waals surface area (Å²) < 4.78 is 23.5. The van der Waals surface area contributed by atoms with E-state index in [0.717, 1.165) is 9.79 Å². The maximum atomic E-state index is 12.7. The third kappa shape index (κ3) is 5.83. The van der Waals surface area contributed by atoms with Crippen molar-refractivity contribution in [3.63, 3.8) is 0 Å². The van der Waals surface area contributed by atoms with Crippen molar-refractivity contribution in [1.82, 2.24) is 5.01 Å². The highest BCUT2D eigenvalue weighted by Crippen LogP contribution is 2.30. The minimum Gasteiger partial charge on any atom is -0.321 e. The Kier molecular flexibility index (Phi) is 6.90. The number of hydrazone groups is 1. The summed E-state index contributed by atoms with van der Waals surface area (Å²) in [4.78, 5) is 27.2. The number of nitrogens with zero attached hydrogens (tertiary/aromatic N) is 2. The summed E-state index contributed by atoms with van der Waals surface area (Å²) in [6, 6.07) is 15.6. The first-order chi connectivity index (χ1) is 15.7. The second-order valence-corrected chi connectivity index (χ2v) is 12.0. The van der Waals surface area contributed by atoms with Gasteiger partial charge < -0.3 is 5.32 Å². The highest BCUT2D eigenvalue weighted by atomic mass is 32.2. The maximum absolute atomic E-state index is 12.7. The molecule has 0 spiro atoms. The van der Waals surface area contributed by atoms with Crippen molar-refractivity contribution in [2.24, 2.45) is 5.10 Å². The Balaban J connectivity index is 1.39. The van der Waals surface area contributed by atoms with Gasteiger partial charge in [-0.3, -0.25) is 9.59 Å². The zero-order valence-corrected chi connectivity index (χ0v) is 20.3. The van der Waals surface area contributed by atoms with Crippen LogP contribution in [-0.2, 0) is 19.4 Å². The van der Waals surface area contributed by atoms with Gasteiger partial charge in [-0.1, -0.05) is 37.7 Å². The Labute approximate surface area is 198 Å². The minimum absolute atomic E-state index is 0.0464. The second kappa shape index (κ2) is 9.69. The highest BCUT2D eigenvalue weighted by Gasteiger charge is 2.37. The lowest BCUT2D eigenvalue weighted by molar-refractivity contribution is -0.133. The lowest BCUT2D eigenvalue weighted by Gasteiger charge is -2.27. The van der Waals surface area contributed by atoms with E-state index < -0.39 is 15.9 Å². The average molecular weight is 486 g/mol. The van der Waals surface area contributed by atoms with Crippen molar-refractivity contribution >= 4 is 44.8 Å². The Morgan fingerprint density at radius 3 is 2.27 bits per heavy atom. The van der Waals surface area contributed by atoms with Crippen LogP contribution in [0.3, 0.4) is 0 Å². The predicted octanol–water partition coefficient (Wildman–Crippen LogP) is 4.07. The fourth-order valence-electron chi connectivity index (χ4n) is 3.85. The van der Waals surface area contributed by atoms with Gasteiger partial charge in [0.25, 0.3) is 5.91 Å². The number of hydrogen-bond donors (Lipinski definition) is 1. The molecule has 9 heteroatoms. The monoisotopic (exact) mass is 485 g/mol. The fraction of sp³-hybridized carbons (Fsp3) is 0.375. The molecule has 2 heterocycles. The second-order valence-electron chi connectivity index (χ2n) is 8.65. The molecule has 0 saturated carbocycles. The molecule has 2 aromatic rings. The van der Waals surface area contributed by atoms with E-state index in [4.69, 9.17) is 0 Å². The zero-order valence-electron chi connectivity index (χ0n) is 18.7. The minimum atomic E-state index is -3.15. The van der Waals surface area contributed by atoms with Crippen LogP contribution in [0.4, 0.5) is 5.69 Å². The van der Waals surface area contributed by atoms with E-state index in [1.807, 2.05) is 24.3 Å². The van der Waals surface area contributed by atoms with Gasteiger partial charge in [-0.15, -0.1) is 0 Å². The van der Waals surface area contributed by atoms with Gasteiger partial charge in [-0.25, -0.2) is 13.4 Å². The van der Waals surface area contributed by atoms with Crippen LogP contribution in [0.15, 0.2) is 63.4 Å². The van der Waals surface area contributed by atoms with Crippen molar-refractivity contribution < 1.29 is 18.0 Å². The van der Waals surface area contributed by atoms with Crippen LogP contribution in [0.1, 0.15) is 44.6 Å². The van der Waals surface area contributed by atoms with Gasteiger partial charge in [-0.2, -0.15) is 5.10 Å². The number of amides is 2. The van der Waals surface area contributed by atoms with Gasteiger partial charge >= 0.3 is 0 Å². The summed E-state index contributed by atoms with van der Waals surface area (Å²) in [7, 11) is -3.15. The maximum Gasteiger partial charge on any atom is 0.271 e. The number of carbonyl (C=O) groups excluding carboxylic acids is 2. The molecule has 1 N–H and O–H groups in total. The van der Waals surface area contributed by atoms with Crippen LogP contribution in [-0.4, -0.2) is 48.5 Å². The van der Waals surface area contributed by atoms with Crippen LogP contribution in [0.2, 0.25) is 0 Å². The summed E-state index contributed by atoms with van der Waals surface area (Å²) in [6.45, 7) is 4.34. The standard InChI is InChI=1S/C24H27N3O4S2/c1-16(2)17-3-7-20(8-4-17)32-21-9-5-18(6-10-21)25-24(29)22-11-12-23(28)27(26-22)19-13-14-33(30,31)15-19/h3-10,16,19H,11-15H2,1-2H3,(H,25,29)/t19-/m0/s1. The Morgan fingerprint density at radius 2 is 1.70 bits per heavy atom. The van der Waals surface area contributed by atoms with Crippen molar-refractivity contribution in [1.29, 1.82) is 0 Å². The topological polar surface area (TPSA) is 95.9 Å². The molecule has 4 rings (SSSR count). The largest absolute Gasteiger partial charge is 0.321 e. The van der Waals surface area contributed by atoms with Crippen LogP contribution in [0, 0.1) is 0 Å². The van der Waals surface area contributed by atoms with E-state index in [0.29, 0.717) is 18.0 Å². The molecular formula is C24H27N3O4S2. The van der Waals surface area contributed by atoms with Gasteiger partial charge in [0, 0.05) is 28.3 Å². The van der Waals surface area contributed by atoms with E-state index in [1.165, 1.54) is 10.6 Å².